The van der Waals surface area contributed by atoms with Gasteiger partial charge in [0.25, 0.3) is 0 Å². The fourth-order valence-electron chi connectivity index (χ4n) is 3.17. The molecule has 6 nitrogen and oxygen atoms in total. The standard InChI is InChI=1S/C16H17ClN2O4/c17-11-1-3-12(4-2-11)19-8-6-13(15(19)21)14(20)18-7-5-10(9-18)16(22)23/h1-4,10,13H,5-9H2,(H,22,23)/t10-,13+/m1/s1. The number of aliphatic carboxylic acids is 1. The largest absolute Gasteiger partial charge is 0.481 e. The van der Waals surface area contributed by atoms with Gasteiger partial charge in [-0.25, -0.2) is 0 Å². The summed E-state index contributed by atoms with van der Waals surface area (Å²) in [6.07, 6.45) is 0.900. The summed E-state index contributed by atoms with van der Waals surface area (Å²) in [5, 5.41) is 9.61. The zero-order valence-electron chi connectivity index (χ0n) is 12.4. The minimum atomic E-state index is -0.888. The van der Waals surface area contributed by atoms with Gasteiger partial charge in [-0.15, -0.1) is 0 Å². The van der Waals surface area contributed by atoms with E-state index >= 15 is 0 Å². The molecular weight excluding hydrogens is 320 g/mol. The Balaban J connectivity index is 1.68. The van der Waals surface area contributed by atoms with Crippen molar-refractivity contribution in [2.75, 3.05) is 24.5 Å². The first-order valence-electron chi connectivity index (χ1n) is 7.56. The SMILES string of the molecule is O=C(O)[C@@H]1CCN(C(=O)[C@@H]2CCN(c3ccc(Cl)cc3)C2=O)C1. The fourth-order valence-corrected chi connectivity index (χ4v) is 3.29. The second kappa shape index (κ2) is 6.20. The molecule has 2 aliphatic rings. The lowest BCUT2D eigenvalue weighted by molar-refractivity contribution is -0.142. The molecule has 7 heteroatoms. The first kappa shape index (κ1) is 15.8. The Morgan fingerprint density at radius 1 is 1.13 bits per heavy atom. The number of carbonyl (C=O) groups excluding carboxylic acids is 2. The second-order valence-electron chi connectivity index (χ2n) is 5.92. The Hall–Kier alpha value is -2.08. The predicted octanol–water partition coefficient (Wildman–Crippen LogP) is 1.63. The van der Waals surface area contributed by atoms with Crippen molar-refractivity contribution in [3.05, 3.63) is 29.3 Å². The molecule has 2 saturated heterocycles. The van der Waals surface area contributed by atoms with Crippen LogP contribution in [0.5, 0.6) is 0 Å². The number of amides is 2. The van der Waals surface area contributed by atoms with Crippen molar-refractivity contribution in [2.24, 2.45) is 11.8 Å². The molecule has 1 aromatic rings. The lowest BCUT2D eigenvalue weighted by atomic mass is 10.1. The van der Waals surface area contributed by atoms with Crippen molar-refractivity contribution in [3.8, 4) is 0 Å². The highest BCUT2D eigenvalue weighted by Gasteiger charge is 2.42. The Kier molecular flexibility index (Phi) is 4.26. The Bertz CT molecular complexity index is 646. The van der Waals surface area contributed by atoms with E-state index in [1.54, 1.807) is 29.2 Å². The Labute approximate surface area is 138 Å². The zero-order valence-corrected chi connectivity index (χ0v) is 13.2. The third-order valence-corrected chi connectivity index (χ3v) is 4.74. The summed E-state index contributed by atoms with van der Waals surface area (Å²) < 4.78 is 0. The van der Waals surface area contributed by atoms with Gasteiger partial charge in [-0.3, -0.25) is 14.4 Å². The molecular formula is C16H17ClN2O4. The van der Waals surface area contributed by atoms with Gasteiger partial charge in [0.1, 0.15) is 5.92 Å². The van der Waals surface area contributed by atoms with Crippen molar-refractivity contribution in [1.82, 2.24) is 4.90 Å². The summed E-state index contributed by atoms with van der Waals surface area (Å²) in [5.41, 5.74) is 0.722. The summed E-state index contributed by atoms with van der Waals surface area (Å²) in [6.45, 7) is 1.08. The van der Waals surface area contributed by atoms with Crippen LogP contribution in [0.2, 0.25) is 5.02 Å². The lowest BCUT2D eigenvalue weighted by Crippen LogP contribution is -2.39. The topological polar surface area (TPSA) is 77.9 Å². The van der Waals surface area contributed by atoms with Gasteiger partial charge >= 0.3 is 5.97 Å². The molecule has 2 atom stereocenters. The van der Waals surface area contributed by atoms with Crippen LogP contribution < -0.4 is 4.90 Å². The number of benzene rings is 1. The average Bonchev–Trinajstić information content (AvgIpc) is 3.15. The smallest absolute Gasteiger partial charge is 0.308 e. The van der Waals surface area contributed by atoms with Crippen LogP contribution in [0, 0.1) is 11.8 Å². The molecule has 1 N–H and O–H groups in total. The van der Waals surface area contributed by atoms with Crippen LogP contribution in [0.1, 0.15) is 12.8 Å². The molecule has 0 aromatic heterocycles. The molecule has 2 aliphatic heterocycles. The molecule has 1 aromatic carbocycles. The van der Waals surface area contributed by atoms with Crippen LogP contribution in [0.4, 0.5) is 5.69 Å². The first-order chi connectivity index (χ1) is 11.0. The average molecular weight is 337 g/mol. The van der Waals surface area contributed by atoms with Gasteiger partial charge in [-0.1, -0.05) is 11.6 Å². The highest BCUT2D eigenvalue weighted by atomic mass is 35.5. The quantitative estimate of drug-likeness (QED) is 0.851. The molecule has 2 heterocycles. The van der Waals surface area contributed by atoms with E-state index in [9.17, 15) is 14.4 Å². The van der Waals surface area contributed by atoms with Crippen molar-refractivity contribution in [1.29, 1.82) is 0 Å². The highest BCUT2D eigenvalue weighted by Crippen LogP contribution is 2.29. The van der Waals surface area contributed by atoms with Gasteiger partial charge < -0.3 is 14.9 Å². The van der Waals surface area contributed by atoms with Crippen LogP contribution in [-0.2, 0) is 14.4 Å². The van der Waals surface area contributed by atoms with Gasteiger partial charge in [0.2, 0.25) is 11.8 Å². The Morgan fingerprint density at radius 3 is 2.43 bits per heavy atom. The number of rotatable bonds is 3. The summed E-state index contributed by atoms with van der Waals surface area (Å²) in [7, 11) is 0. The van der Waals surface area contributed by atoms with Crippen LogP contribution >= 0.6 is 11.6 Å². The molecule has 0 aliphatic carbocycles. The third kappa shape index (κ3) is 3.03. The Morgan fingerprint density at radius 2 is 1.83 bits per heavy atom. The van der Waals surface area contributed by atoms with Crippen LogP contribution in [0.3, 0.4) is 0 Å². The van der Waals surface area contributed by atoms with E-state index in [0.717, 1.165) is 5.69 Å². The molecule has 0 spiro atoms. The minimum Gasteiger partial charge on any atom is -0.481 e. The number of carboxylic acid groups (broad SMARTS) is 1. The molecule has 23 heavy (non-hydrogen) atoms. The second-order valence-corrected chi connectivity index (χ2v) is 6.35. The first-order valence-corrected chi connectivity index (χ1v) is 7.93. The number of likely N-dealkylation sites (tertiary alicyclic amines) is 1. The highest BCUT2D eigenvalue weighted by molar-refractivity contribution is 6.30. The van der Waals surface area contributed by atoms with E-state index in [2.05, 4.69) is 0 Å². The molecule has 122 valence electrons. The van der Waals surface area contributed by atoms with Gasteiger partial charge in [0, 0.05) is 30.3 Å². The molecule has 3 rings (SSSR count). The van der Waals surface area contributed by atoms with E-state index in [1.165, 1.54) is 4.90 Å². The monoisotopic (exact) mass is 336 g/mol. The summed E-state index contributed by atoms with van der Waals surface area (Å²) in [6, 6.07) is 6.92. The van der Waals surface area contributed by atoms with Crippen molar-refractivity contribution >= 4 is 35.1 Å². The molecule has 0 saturated carbocycles. The predicted molar refractivity (Wildman–Crippen MR) is 84.2 cm³/mol. The van der Waals surface area contributed by atoms with Crippen molar-refractivity contribution in [3.63, 3.8) is 0 Å². The van der Waals surface area contributed by atoms with E-state index in [-0.39, 0.29) is 18.4 Å². The maximum Gasteiger partial charge on any atom is 0.308 e. The van der Waals surface area contributed by atoms with Gasteiger partial charge in [0.15, 0.2) is 0 Å². The van der Waals surface area contributed by atoms with Crippen LogP contribution in [0.15, 0.2) is 24.3 Å². The number of hydrogen-bond donors (Lipinski definition) is 1. The summed E-state index contributed by atoms with van der Waals surface area (Å²) in [5.74, 6) is -2.60. The number of halogens is 1. The maximum atomic E-state index is 12.5. The van der Waals surface area contributed by atoms with Gasteiger partial charge in [0.05, 0.1) is 5.92 Å². The number of carbonyl (C=O) groups is 3. The number of nitrogens with zero attached hydrogens (tertiary/aromatic N) is 2. The van der Waals surface area contributed by atoms with Crippen LogP contribution in [0.25, 0.3) is 0 Å². The third-order valence-electron chi connectivity index (χ3n) is 4.49. The van der Waals surface area contributed by atoms with E-state index < -0.39 is 17.8 Å². The molecule has 0 unspecified atom stereocenters. The van der Waals surface area contributed by atoms with E-state index in [1.807, 2.05) is 0 Å². The van der Waals surface area contributed by atoms with E-state index in [4.69, 9.17) is 16.7 Å². The van der Waals surface area contributed by atoms with E-state index in [0.29, 0.717) is 31.0 Å². The normalized spacial score (nSPS) is 24.3. The van der Waals surface area contributed by atoms with Crippen molar-refractivity contribution in [2.45, 2.75) is 12.8 Å². The molecule has 0 bridgehead atoms. The van der Waals surface area contributed by atoms with Crippen molar-refractivity contribution < 1.29 is 19.5 Å². The molecule has 0 radical (unpaired) electrons. The lowest BCUT2D eigenvalue weighted by Gasteiger charge is -2.20. The summed E-state index contributed by atoms with van der Waals surface area (Å²) in [4.78, 5) is 39.1. The zero-order chi connectivity index (χ0) is 16.6. The van der Waals surface area contributed by atoms with Gasteiger partial charge in [-0.05, 0) is 37.1 Å². The maximum absolute atomic E-state index is 12.5. The number of anilines is 1. The molecule has 2 fully saturated rings. The fraction of sp³-hybridized carbons (Fsp3) is 0.438. The van der Waals surface area contributed by atoms with Crippen LogP contribution in [-0.4, -0.2) is 47.4 Å². The number of carboxylic acids is 1. The minimum absolute atomic E-state index is 0.193. The van der Waals surface area contributed by atoms with Gasteiger partial charge in [-0.2, -0.15) is 0 Å². The molecule has 2 amide bonds. The number of hydrogen-bond acceptors (Lipinski definition) is 3. The summed E-state index contributed by atoms with van der Waals surface area (Å²) >= 11 is 5.85.